The van der Waals surface area contributed by atoms with E-state index in [0.29, 0.717) is 18.4 Å². The molecule has 7 heteroatoms. The molecule has 0 saturated carbocycles. The predicted molar refractivity (Wildman–Crippen MR) is 71.5 cm³/mol. The summed E-state index contributed by atoms with van der Waals surface area (Å²) in [5, 5.41) is 15.3. The molecule has 0 aromatic carbocycles. The predicted octanol–water partition coefficient (Wildman–Crippen LogP) is 2.31. The molecule has 0 aliphatic heterocycles. The minimum Gasteiger partial charge on any atom is -0.354 e. The Hall–Kier alpha value is -1.61. The highest BCUT2D eigenvalue weighted by Crippen LogP contribution is 2.21. The Balaban J connectivity index is 3.00. The second-order valence-corrected chi connectivity index (χ2v) is 4.71. The molecular formula is C11H17ClN6. The summed E-state index contributed by atoms with van der Waals surface area (Å²) >= 11 is 5.81. The smallest absolute Gasteiger partial charge is 0.230 e. The molecule has 0 saturated heterocycles. The van der Waals surface area contributed by atoms with Gasteiger partial charge in [0.05, 0.1) is 6.07 Å². The second kappa shape index (κ2) is 5.83. The van der Waals surface area contributed by atoms with Gasteiger partial charge in [-0.25, -0.2) is 0 Å². The highest BCUT2D eigenvalue weighted by Gasteiger charge is 2.29. The van der Waals surface area contributed by atoms with Crippen LogP contribution in [0.3, 0.4) is 0 Å². The fourth-order valence-corrected chi connectivity index (χ4v) is 1.34. The monoisotopic (exact) mass is 268 g/mol. The van der Waals surface area contributed by atoms with Gasteiger partial charge in [-0.1, -0.05) is 13.8 Å². The summed E-state index contributed by atoms with van der Waals surface area (Å²) in [4.78, 5) is 12.1. The molecule has 0 fully saturated rings. The summed E-state index contributed by atoms with van der Waals surface area (Å²) < 4.78 is 0. The molecule has 1 aromatic heterocycles. The van der Waals surface area contributed by atoms with Crippen molar-refractivity contribution in [1.29, 1.82) is 5.26 Å². The van der Waals surface area contributed by atoms with Crippen LogP contribution in [0.2, 0.25) is 5.28 Å². The highest BCUT2D eigenvalue weighted by molar-refractivity contribution is 6.28. The first-order chi connectivity index (χ1) is 8.41. The molecule has 0 bridgehead atoms. The van der Waals surface area contributed by atoms with Gasteiger partial charge in [-0.15, -0.1) is 0 Å². The van der Waals surface area contributed by atoms with Crippen LogP contribution in [0.25, 0.3) is 0 Å². The Labute approximate surface area is 112 Å². The van der Waals surface area contributed by atoms with Gasteiger partial charge in [0.2, 0.25) is 17.2 Å². The average Bonchev–Trinajstić information content (AvgIpc) is 2.28. The summed E-state index contributed by atoms with van der Waals surface area (Å²) in [6, 6.07) is 2.22. The zero-order valence-corrected chi connectivity index (χ0v) is 11.7. The van der Waals surface area contributed by atoms with Crippen molar-refractivity contribution in [2.45, 2.75) is 33.2 Å². The van der Waals surface area contributed by atoms with E-state index in [1.54, 1.807) is 6.92 Å². The van der Waals surface area contributed by atoms with Crippen molar-refractivity contribution in [3.63, 3.8) is 0 Å². The van der Waals surface area contributed by atoms with Gasteiger partial charge in [-0.3, -0.25) is 0 Å². The van der Waals surface area contributed by atoms with E-state index < -0.39 is 5.54 Å². The second-order valence-electron chi connectivity index (χ2n) is 4.38. The third kappa shape index (κ3) is 3.44. The van der Waals surface area contributed by atoms with Crippen LogP contribution in [-0.4, -0.2) is 27.0 Å². The fourth-order valence-electron chi connectivity index (χ4n) is 1.18. The number of aromatic nitrogens is 3. The van der Waals surface area contributed by atoms with Crippen molar-refractivity contribution < 1.29 is 0 Å². The third-order valence-electron chi connectivity index (χ3n) is 2.70. The molecule has 1 aromatic rings. The lowest BCUT2D eigenvalue weighted by Gasteiger charge is -2.27. The normalized spacial score (nSPS) is 13.8. The Kier molecular flexibility index (Phi) is 4.68. The summed E-state index contributed by atoms with van der Waals surface area (Å²) in [6.07, 6.45) is 0. The molecule has 0 spiro atoms. The number of hydrogen-bond donors (Lipinski definition) is 2. The molecule has 2 N–H and O–H groups in total. The lowest BCUT2D eigenvalue weighted by atomic mass is 9.90. The lowest BCUT2D eigenvalue weighted by molar-refractivity contribution is 0.461. The molecule has 18 heavy (non-hydrogen) atoms. The minimum absolute atomic E-state index is 0.0903. The Morgan fingerprint density at radius 2 is 1.94 bits per heavy atom. The Morgan fingerprint density at radius 1 is 1.33 bits per heavy atom. The number of nitrogens with zero attached hydrogens (tertiary/aromatic N) is 4. The number of nitrogens with one attached hydrogen (secondary N) is 2. The molecule has 0 aliphatic carbocycles. The standard InChI is InChI=1S/C11H17ClN6/c1-5-14-9-15-8(12)16-10(17-9)18-11(4,6-13)7(2)3/h7H,5H2,1-4H3,(H2,14,15,16,17,18). The van der Waals surface area contributed by atoms with E-state index in [0.717, 1.165) is 0 Å². The van der Waals surface area contributed by atoms with Crippen LogP contribution in [0.4, 0.5) is 11.9 Å². The van der Waals surface area contributed by atoms with E-state index in [1.165, 1.54) is 0 Å². The Morgan fingerprint density at radius 3 is 2.44 bits per heavy atom. The van der Waals surface area contributed by atoms with Gasteiger partial charge in [0, 0.05) is 6.54 Å². The maximum atomic E-state index is 9.23. The van der Waals surface area contributed by atoms with Crippen LogP contribution in [0, 0.1) is 17.2 Å². The molecule has 0 aliphatic rings. The molecular weight excluding hydrogens is 252 g/mol. The molecule has 6 nitrogen and oxygen atoms in total. The maximum absolute atomic E-state index is 9.23. The van der Waals surface area contributed by atoms with E-state index >= 15 is 0 Å². The van der Waals surface area contributed by atoms with Crippen molar-refractivity contribution >= 4 is 23.5 Å². The molecule has 0 radical (unpaired) electrons. The van der Waals surface area contributed by atoms with Crippen molar-refractivity contribution in [1.82, 2.24) is 15.0 Å². The third-order valence-corrected chi connectivity index (χ3v) is 2.87. The SMILES string of the molecule is CCNc1nc(Cl)nc(NC(C)(C#N)C(C)C)n1. The van der Waals surface area contributed by atoms with Crippen molar-refractivity contribution in [3.05, 3.63) is 5.28 Å². The van der Waals surface area contributed by atoms with Gasteiger partial charge in [-0.2, -0.15) is 20.2 Å². The number of hydrogen-bond acceptors (Lipinski definition) is 6. The van der Waals surface area contributed by atoms with Gasteiger partial charge in [0.15, 0.2) is 0 Å². The maximum Gasteiger partial charge on any atom is 0.230 e. The van der Waals surface area contributed by atoms with Crippen LogP contribution >= 0.6 is 11.6 Å². The quantitative estimate of drug-likeness (QED) is 0.852. The zero-order valence-electron chi connectivity index (χ0n) is 11.0. The van der Waals surface area contributed by atoms with Crippen molar-refractivity contribution in [2.75, 3.05) is 17.2 Å². The lowest BCUT2D eigenvalue weighted by Crippen LogP contribution is -2.39. The van der Waals surface area contributed by atoms with Gasteiger partial charge in [-0.05, 0) is 31.4 Å². The molecule has 1 rings (SSSR count). The molecule has 1 unspecified atom stereocenters. The van der Waals surface area contributed by atoms with Crippen molar-refractivity contribution in [2.24, 2.45) is 5.92 Å². The minimum atomic E-state index is -0.756. The molecule has 0 amide bonds. The van der Waals surface area contributed by atoms with Gasteiger partial charge < -0.3 is 10.6 Å². The number of anilines is 2. The van der Waals surface area contributed by atoms with Gasteiger partial charge in [0.1, 0.15) is 5.54 Å². The summed E-state index contributed by atoms with van der Waals surface area (Å²) in [6.45, 7) is 8.30. The Bertz CT molecular complexity index is 455. The van der Waals surface area contributed by atoms with E-state index in [4.69, 9.17) is 11.6 Å². The first kappa shape index (κ1) is 14.5. The highest BCUT2D eigenvalue weighted by atomic mass is 35.5. The number of halogens is 1. The fraction of sp³-hybridized carbons (Fsp3) is 0.636. The van der Waals surface area contributed by atoms with Crippen LogP contribution in [0.5, 0.6) is 0 Å². The van der Waals surface area contributed by atoms with Crippen LogP contribution in [-0.2, 0) is 0 Å². The van der Waals surface area contributed by atoms with E-state index in [-0.39, 0.29) is 11.2 Å². The number of nitriles is 1. The zero-order chi connectivity index (χ0) is 13.8. The number of rotatable bonds is 5. The van der Waals surface area contributed by atoms with Crippen molar-refractivity contribution in [3.8, 4) is 6.07 Å². The largest absolute Gasteiger partial charge is 0.354 e. The topological polar surface area (TPSA) is 86.5 Å². The first-order valence-corrected chi connectivity index (χ1v) is 6.14. The average molecular weight is 269 g/mol. The first-order valence-electron chi connectivity index (χ1n) is 5.76. The van der Waals surface area contributed by atoms with E-state index in [9.17, 15) is 5.26 Å². The summed E-state index contributed by atoms with van der Waals surface area (Å²) in [5.41, 5.74) is -0.756. The molecule has 1 heterocycles. The van der Waals surface area contributed by atoms with Crippen LogP contribution < -0.4 is 10.6 Å². The summed E-state index contributed by atoms with van der Waals surface area (Å²) in [5.74, 6) is 0.786. The summed E-state index contributed by atoms with van der Waals surface area (Å²) in [7, 11) is 0. The van der Waals surface area contributed by atoms with E-state index in [1.807, 2.05) is 20.8 Å². The van der Waals surface area contributed by atoms with Gasteiger partial charge in [0.25, 0.3) is 0 Å². The van der Waals surface area contributed by atoms with Gasteiger partial charge >= 0.3 is 0 Å². The van der Waals surface area contributed by atoms with Crippen LogP contribution in [0.1, 0.15) is 27.7 Å². The van der Waals surface area contributed by atoms with Crippen LogP contribution in [0.15, 0.2) is 0 Å². The molecule has 1 atom stereocenters. The van der Waals surface area contributed by atoms with E-state index in [2.05, 4.69) is 31.7 Å². The molecule has 98 valence electrons.